The van der Waals surface area contributed by atoms with Gasteiger partial charge < -0.3 is 14.9 Å². The van der Waals surface area contributed by atoms with Crippen molar-refractivity contribution in [1.82, 2.24) is 4.90 Å². The number of nitrogens with zero attached hydrogens (tertiary/aromatic N) is 1. The average Bonchev–Trinajstić information content (AvgIpc) is 2.84. The molecular weight excluding hydrogens is 270 g/mol. The van der Waals surface area contributed by atoms with Crippen LogP contribution in [0, 0.1) is 5.41 Å². The maximum Gasteiger partial charge on any atom is 0.310 e. The van der Waals surface area contributed by atoms with Gasteiger partial charge >= 0.3 is 5.97 Å². The number of likely N-dealkylation sites (tertiary alicyclic amines) is 1. The number of ether oxygens (including phenoxy) is 1. The van der Waals surface area contributed by atoms with Gasteiger partial charge in [0.2, 0.25) is 0 Å². The largest absolute Gasteiger partial charge is 0.504 e. The average molecular weight is 293 g/mol. The van der Waals surface area contributed by atoms with Gasteiger partial charge in [0.1, 0.15) is 0 Å². The first-order valence-electron chi connectivity index (χ1n) is 7.32. The van der Waals surface area contributed by atoms with Crippen LogP contribution in [-0.4, -0.2) is 41.3 Å². The molecule has 1 aromatic carbocycles. The lowest BCUT2D eigenvalue weighted by Gasteiger charge is -2.24. The van der Waals surface area contributed by atoms with E-state index in [1.54, 1.807) is 12.1 Å². The third-order valence-electron chi connectivity index (χ3n) is 4.26. The molecular formula is C16H23NO4. The van der Waals surface area contributed by atoms with Crippen LogP contribution in [0.4, 0.5) is 0 Å². The first-order valence-corrected chi connectivity index (χ1v) is 7.32. The third kappa shape index (κ3) is 3.29. The van der Waals surface area contributed by atoms with Crippen molar-refractivity contribution in [2.75, 3.05) is 20.2 Å². The Morgan fingerprint density at radius 3 is 2.81 bits per heavy atom. The second-order valence-electron chi connectivity index (χ2n) is 5.80. The molecule has 0 amide bonds. The molecule has 0 spiro atoms. The van der Waals surface area contributed by atoms with Gasteiger partial charge in [-0.3, -0.25) is 9.69 Å². The van der Waals surface area contributed by atoms with E-state index in [-0.39, 0.29) is 5.75 Å². The van der Waals surface area contributed by atoms with Crippen LogP contribution in [0.2, 0.25) is 0 Å². The molecule has 0 saturated carbocycles. The number of phenols is 1. The number of hydrogen-bond acceptors (Lipinski definition) is 4. The summed E-state index contributed by atoms with van der Waals surface area (Å²) >= 11 is 0. The van der Waals surface area contributed by atoms with Gasteiger partial charge in [0.15, 0.2) is 11.5 Å². The number of benzene rings is 1. The summed E-state index contributed by atoms with van der Waals surface area (Å²) < 4.78 is 5.03. The quantitative estimate of drug-likeness (QED) is 0.843. The number of carboxylic acids is 1. The summed E-state index contributed by atoms with van der Waals surface area (Å²) in [6.45, 7) is 4.02. The fraction of sp³-hybridized carbons (Fsp3) is 0.562. The maximum atomic E-state index is 11.6. The molecule has 1 aliphatic rings. The van der Waals surface area contributed by atoms with E-state index < -0.39 is 11.4 Å². The van der Waals surface area contributed by atoms with Gasteiger partial charge in [-0.25, -0.2) is 0 Å². The van der Waals surface area contributed by atoms with Crippen LogP contribution in [0.25, 0.3) is 0 Å². The smallest absolute Gasteiger partial charge is 0.310 e. The van der Waals surface area contributed by atoms with Crippen molar-refractivity contribution < 1.29 is 19.7 Å². The van der Waals surface area contributed by atoms with Crippen molar-refractivity contribution in [3.63, 3.8) is 0 Å². The molecule has 1 atom stereocenters. The van der Waals surface area contributed by atoms with Crippen LogP contribution in [0.15, 0.2) is 18.2 Å². The number of carboxylic acid groups (broad SMARTS) is 1. The van der Waals surface area contributed by atoms with E-state index in [2.05, 4.69) is 4.90 Å². The van der Waals surface area contributed by atoms with Gasteiger partial charge in [0.25, 0.3) is 0 Å². The molecule has 1 heterocycles. The first-order chi connectivity index (χ1) is 10.0. The lowest BCUT2D eigenvalue weighted by molar-refractivity contribution is -0.148. The van der Waals surface area contributed by atoms with E-state index in [1.807, 2.05) is 13.0 Å². The summed E-state index contributed by atoms with van der Waals surface area (Å²) in [6, 6.07) is 5.32. The SMILES string of the molecule is CCCC1(C(=O)O)CCN(Cc2ccc(OC)c(O)c2)C1. The van der Waals surface area contributed by atoms with E-state index in [4.69, 9.17) is 4.74 Å². The number of hydrogen-bond donors (Lipinski definition) is 2. The third-order valence-corrected chi connectivity index (χ3v) is 4.26. The second-order valence-corrected chi connectivity index (χ2v) is 5.80. The molecule has 0 bridgehead atoms. The number of aromatic hydroxyl groups is 1. The molecule has 5 nitrogen and oxygen atoms in total. The highest BCUT2D eigenvalue weighted by molar-refractivity contribution is 5.75. The summed E-state index contributed by atoms with van der Waals surface area (Å²) in [6.07, 6.45) is 2.29. The van der Waals surface area contributed by atoms with Crippen LogP contribution < -0.4 is 4.74 Å². The van der Waals surface area contributed by atoms with E-state index in [0.29, 0.717) is 31.7 Å². The van der Waals surface area contributed by atoms with Crippen molar-refractivity contribution in [3.8, 4) is 11.5 Å². The van der Waals surface area contributed by atoms with Gasteiger partial charge in [-0.1, -0.05) is 19.4 Å². The number of aliphatic carboxylic acids is 1. The summed E-state index contributed by atoms with van der Waals surface area (Å²) in [5, 5.41) is 19.3. The fourth-order valence-corrected chi connectivity index (χ4v) is 3.15. The Labute approximate surface area is 125 Å². The van der Waals surface area contributed by atoms with Gasteiger partial charge in [0, 0.05) is 13.1 Å². The van der Waals surface area contributed by atoms with E-state index in [9.17, 15) is 15.0 Å². The Kier molecular flexibility index (Phi) is 4.73. The molecule has 0 aliphatic carbocycles. The van der Waals surface area contributed by atoms with Crippen molar-refractivity contribution in [2.45, 2.75) is 32.7 Å². The van der Waals surface area contributed by atoms with Crippen molar-refractivity contribution in [2.24, 2.45) is 5.41 Å². The van der Waals surface area contributed by atoms with E-state index in [0.717, 1.165) is 18.5 Å². The van der Waals surface area contributed by atoms with Gasteiger partial charge in [-0.2, -0.15) is 0 Å². The topological polar surface area (TPSA) is 70.0 Å². The zero-order valence-electron chi connectivity index (χ0n) is 12.6. The lowest BCUT2D eigenvalue weighted by atomic mass is 9.83. The van der Waals surface area contributed by atoms with Crippen LogP contribution in [-0.2, 0) is 11.3 Å². The standard InChI is InChI=1S/C16H23NO4/c1-3-6-16(15(19)20)7-8-17(11-16)10-12-4-5-14(21-2)13(18)9-12/h4-5,9,18H,3,6-8,10-11H2,1-2H3,(H,19,20). The zero-order chi connectivity index (χ0) is 15.5. The number of phenolic OH excluding ortho intramolecular Hbond substituents is 1. The molecule has 2 rings (SSSR count). The molecule has 1 saturated heterocycles. The Hall–Kier alpha value is -1.75. The second kappa shape index (κ2) is 6.35. The molecule has 1 aromatic rings. The maximum absolute atomic E-state index is 11.6. The van der Waals surface area contributed by atoms with Gasteiger partial charge in [0.05, 0.1) is 12.5 Å². The van der Waals surface area contributed by atoms with Crippen molar-refractivity contribution in [3.05, 3.63) is 23.8 Å². The summed E-state index contributed by atoms with van der Waals surface area (Å²) in [5.74, 6) is -0.122. The highest BCUT2D eigenvalue weighted by Gasteiger charge is 2.43. The van der Waals surface area contributed by atoms with Crippen LogP contribution in [0.1, 0.15) is 31.7 Å². The Bertz CT molecular complexity index is 517. The molecule has 5 heteroatoms. The summed E-state index contributed by atoms with van der Waals surface area (Å²) in [7, 11) is 1.52. The number of rotatable bonds is 6. The van der Waals surface area contributed by atoms with Gasteiger partial charge in [-0.05, 0) is 37.1 Å². The highest BCUT2D eigenvalue weighted by Crippen LogP contribution is 2.36. The lowest BCUT2D eigenvalue weighted by Crippen LogP contribution is -2.34. The van der Waals surface area contributed by atoms with Crippen molar-refractivity contribution >= 4 is 5.97 Å². The first kappa shape index (κ1) is 15.6. The van der Waals surface area contributed by atoms with E-state index >= 15 is 0 Å². The van der Waals surface area contributed by atoms with Crippen LogP contribution >= 0.6 is 0 Å². The summed E-state index contributed by atoms with van der Waals surface area (Å²) in [4.78, 5) is 13.7. The Morgan fingerprint density at radius 2 is 2.24 bits per heavy atom. The number of carbonyl (C=O) groups is 1. The molecule has 0 radical (unpaired) electrons. The molecule has 1 unspecified atom stereocenters. The Balaban J connectivity index is 2.05. The highest BCUT2D eigenvalue weighted by atomic mass is 16.5. The number of methoxy groups -OCH3 is 1. The summed E-state index contributed by atoms with van der Waals surface area (Å²) in [5.41, 5.74) is 0.356. The van der Waals surface area contributed by atoms with Crippen LogP contribution in [0.5, 0.6) is 11.5 Å². The zero-order valence-corrected chi connectivity index (χ0v) is 12.6. The minimum Gasteiger partial charge on any atom is -0.504 e. The monoisotopic (exact) mass is 293 g/mol. The predicted octanol–water partition coefficient (Wildman–Crippen LogP) is 2.48. The van der Waals surface area contributed by atoms with E-state index in [1.165, 1.54) is 7.11 Å². The normalized spacial score (nSPS) is 22.4. The van der Waals surface area contributed by atoms with Crippen LogP contribution in [0.3, 0.4) is 0 Å². The molecule has 1 fully saturated rings. The van der Waals surface area contributed by atoms with Crippen molar-refractivity contribution in [1.29, 1.82) is 0 Å². The minimum atomic E-state index is -0.690. The van der Waals surface area contributed by atoms with Gasteiger partial charge in [-0.15, -0.1) is 0 Å². The molecule has 21 heavy (non-hydrogen) atoms. The molecule has 2 N–H and O–H groups in total. The minimum absolute atomic E-state index is 0.118. The fourth-order valence-electron chi connectivity index (χ4n) is 3.15. The molecule has 0 aromatic heterocycles. The molecule has 1 aliphatic heterocycles. The Morgan fingerprint density at radius 1 is 1.48 bits per heavy atom. The predicted molar refractivity (Wildman–Crippen MR) is 79.5 cm³/mol. The molecule has 116 valence electrons.